The highest BCUT2D eigenvalue weighted by Crippen LogP contribution is 2.31. The second-order valence-corrected chi connectivity index (χ2v) is 6.66. The van der Waals surface area contributed by atoms with Gasteiger partial charge in [0.15, 0.2) is 5.78 Å². The number of nitrogens with zero attached hydrogens (tertiary/aromatic N) is 1. The Hall–Kier alpha value is -2.37. The summed E-state index contributed by atoms with van der Waals surface area (Å²) in [5.74, 6) is -0.458. The van der Waals surface area contributed by atoms with Crippen molar-refractivity contribution in [1.82, 2.24) is 4.98 Å². The fraction of sp³-hybridized carbons (Fsp3) is 0.400. The second-order valence-electron chi connectivity index (χ2n) is 6.66. The van der Waals surface area contributed by atoms with Gasteiger partial charge in [0.25, 0.3) is 0 Å². The van der Waals surface area contributed by atoms with E-state index in [-0.39, 0.29) is 11.6 Å². The molecule has 0 aliphatic heterocycles. The van der Waals surface area contributed by atoms with Crippen LogP contribution in [0.15, 0.2) is 42.7 Å². The van der Waals surface area contributed by atoms with Crippen molar-refractivity contribution < 1.29 is 18.0 Å². The zero-order chi connectivity index (χ0) is 18.6. The lowest BCUT2D eigenvalue weighted by molar-refractivity contribution is -0.137. The minimum absolute atomic E-state index is 0.0109. The van der Waals surface area contributed by atoms with Gasteiger partial charge in [-0.25, -0.2) is 0 Å². The average Bonchev–Trinajstić information content (AvgIpc) is 2.90. The predicted molar refractivity (Wildman–Crippen MR) is 94.2 cm³/mol. The zero-order valence-corrected chi connectivity index (χ0v) is 14.4. The van der Waals surface area contributed by atoms with Gasteiger partial charge in [-0.3, -0.25) is 9.78 Å². The molecular formula is C20H21F3N2O. The lowest BCUT2D eigenvalue weighted by Crippen LogP contribution is -2.20. The SMILES string of the molecule is O=C(c1cccc(C(F)(F)F)c1)c1cnccc1NC1CCCCCC1. The number of hydrogen-bond acceptors (Lipinski definition) is 3. The van der Waals surface area contributed by atoms with Gasteiger partial charge >= 0.3 is 6.18 Å². The quantitative estimate of drug-likeness (QED) is 0.579. The Bertz CT molecular complexity index is 766. The van der Waals surface area contributed by atoms with E-state index in [0.717, 1.165) is 37.8 Å². The Morgan fingerprint density at radius 3 is 2.50 bits per heavy atom. The van der Waals surface area contributed by atoms with E-state index in [9.17, 15) is 18.0 Å². The van der Waals surface area contributed by atoms with Crippen LogP contribution < -0.4 is 5.32 Å². The van der Waals surface area contributed by atoms with E-state index < -0.39 is 17.5 Å². The molecule has 138 valence electrons. The smallest absolute Gasteiger partial charge is 0.382 e. The molecule has 3 nitrogen and oxygen atoms in total. The lowest BCUT2D eigenvalue weighted by atomic mass is 10.0. The van der Waals surface area contributed by atoms with E-state index in [4.69, 9.17) is 0 Å². The number of aromatic nitrogens is 1. The highest BCUT2D eigenvalue weighted by molar-refractivity contribution is 6.12. The Balaban J connectivity index is 1.86. The van der Waals surface area contributed by atoms with Crippen LogP contribution in [0.5, 0.6) is 0 Å². The number of benzene rings is 1. The summed E-state index contributed by atoms with van der Waals surface area (Å²) < 4.78 is 38.8. The number of carbonyl (C=O) groups is 1. The van der Waals surface area contributed by atoms with Crippen LogP contribution in [0.1, 0.15) is 60.0 Å². The van der Waals surface area contributed by atoms with E-state index in [1.54, 1.807) is 12.3 Å². The molecule has 1 aromatic carbocycles. The van der Waals surface area contributed by atoms with Gasteiger partial charge in [0.1, 0.15) is 0 Å². The molecule has 26 heavy (non-hydrogen) atoms. The van der Waals surface area contributed by atoms with Crippen LogP contribution in [0, 0.1) is 0 Å². The maximum atomic E-state index is 12.9. The Morgan fingerprint density at radius 2 is 1.81 bits per heavy atom. The van der Waals surface area contributed by atoms with E-state index in [2.05, 4.69) is 10.3 Å². The number of pyridine rings is 1. The number of rotatable bonds is 4. The summed E-state index contributed by atoms with van der Waals surface area (Å²) in [6.45, 7) is 0. The maximum absolute atomic E-state index is 12.9. The number of carbonyl (C=O) groups excluding carboxylic acids is 1. The highest BCUT2D eigenvalue weighted by atomic mass is 19.4. The molecule has 1 aromatic heterocycles. The fourth-order valence-corrected chi connectivity index (χ4v) is 3.34. The summed E-state index contributed by atoms with van der Waals surface area (Å²) >= 11 is 0. The van der Waals surface area contributed by atoms with Crippen molar-refractivity contribution in [2.24, 2.45) is 0 Å². The van der Waals surface area contributed by atoms with Gasteiger partial charge in [0, 0.05) is 29.7 Å². The van der Waals surface area contributed by atoms with Crippen molar-refractivity contribution >= 4 is 11.5 Å². The molecule has 0 radical (unpaired) electrons. The molecule has 1 aliphatic rings. The number of ketones is 1. The van der Waals surface area contributed by atoms with Crippen molar-refractivity contribution in [1.29, 1.82) is 0 Å². The normalized spacial score (nSPS) is 16.1. The molecular weight excluding hydrogens is 341 g/mol. The topological polar surface area (TPSA) is 42.0 Å². The molecule has 1 N–H and O–H groups in total. The summed E-state index contributed by atoms with van der Waals surface area (Å²) in [7, 11) is 0. The Kier molecular flexibility index (Phi) is 5.59. The van der Waals surface area contributed by atoms with Crippen LogP contribution in [0.3, 0.4) is 0 Å². The molecule has 0 spiro atoms. The van der Waals surface area contributed by atoms with Gasteiger partial charge in [-0.2, -0.15) is 13.2 Å². The Morgan fingerprint density at radius 1 is 1.08 bits per heavy atom. The third-order valence-corrected chi connectivity index (χ3v) is 4.73. The summed E-state index contributed by atoms with van der Waals surface area (Å²) in [5, 5.41) is 3.40. The number of anilines is 1. The first-order valence-electron chi connectivity index (χ1n) is 8.87. The van der Waals surface area contributed by atoms with Crippen LogP contribution >= 0.6 is 0 Å². The third-order valence-electron chi connectivity index (χ3n) is 4.73. The molecule has 0 saturated heterocycles. The van der Waals surface area contributed by atoms with Crippen LogP contribution in [0.25, 0.3) is 0 Å². The number of alkyl halides is 3. The summed E-state index contributed by atoms with van der Waals surface area (Å²) in [4.78, 5) is 16.8. The molecule has 6 heteroatoms. The minimum atomic E-state index is -4.48. The lowest BCUT2D eigenvalue weighted by Gasteiger charge is -2.19. The number of halogens is 3. The van der Waals surface area contributed by atoms with Crippen LogP contribution in [-0.4, -0.2) is 16.8 Å². The van der Waals surface area contributed by atoms with Crippen LogP contribution in [-0.2, 0) is 6.18 Å². The first kappa shape index (κ1) is 18.4. The highest BCUT2D eigenvalue weighted by Gasteiger charge is 2.31. The summed E-state index contributed by atoms with van der Waals surface area (Å²) in [6, 6.07) is 6.50. The van der Waals surface area contributed by atoms with Gasteiger partial charge in [-0.15, -0.1) is 0 Å². The first-order chi connectivity index (χ1) is 12.4. The molecule has 1 saturated carbocycles. The van der Waals surface area contributed by atoms with Crippen LogP contribution in [0.4, 0.5) is 18.9 Å². The van der Waals surface area contributed by atoms with Gasteiger partial charge in [0.2, 0.25) is 0 Å². The molecule has 1 fully saturated rings. The molecule has 3 rings (SSSR count). The molecule has 0 bridgehead atoms. The first-order valence-corrected chi connectivity index (χ1v) is 8.87. The number of hydrogen-bond donors (Lipinski definition) is 1. The van der Waals surface area contributed by atoms with E-state index in [0.29, 0.717) is 11.3 Å². The van der Waals surface area contributed by atoms with Crippen molar-refractivity contribution in [3.05, 3.63) is 59.4 Å². The summed E-state index contributed by atoms with van der Waals surface area (Å²) in [6.07, 6.45) is 5.28. The fourth-order valence-electron chi connectivity index (χ4n) is 3.34. The second kappa shape index (κ2) is 7.89. The van der Waals surface area contributed by atoms with Gasteiger partial charge in [0.05, 0.1) is 11.1 Å². The van der Waals surface area contributed by atoms with E-state index >= 15 is 0 Å². The minimum Gasteiger partial charge on any atom is -0.382 e. The molecule has 0 unspecified atom stereocenters. The number of nitrogens with one attached hydrogen (secondary N) is 1. The molecule has 1 heterocycles. The van der Waals surface area contributed by atoms with Crippen molar-refractivity contribution in [3.63, 3.8) is 0 Å². The maximum Gasteiger partial charge on any atom is 0.416 e. The van der Waals surface area contributed by atoms with E-state index in [1.165, 1.54) is 31.2 Å². The van der Waals surface area contributed by atoms with Crippen LogP contribution in [0.2, 0.25) is 0 Å². The van der Waals surface area contributed by atoms with Crippen molar-refractivity contribution in [3.8, 4) is 0 Å². The van der Waals surface area contributed by atoms with Crippen molar-refractivity contribution in [2.45, 2.75) is 50.7 Å². The third kappa shape index (κ3) is 4.42. The zero-order valence-electron chi connectivity index (χ0n) is 14.4. The largest absolute Gasteiger partial charge is 0.416 e. The molecule has 0 amide bonds. The monoisotopic (exact) mass is 362 g/mol. The summed E-state index contributed by atoms with van der Waals surface area (Å²) in [5.41, 5.74) is 0.118. The van der Waals surface area contributed by atoms with Gasteiger partial charge in [-0.05, 0) is 31.0 Å². The van der Waals surface area contributed by atoms with Gasteiger partial charge < -0.3 is 5.32 Å². The van der Waals surface area contributed by atoms with E-state index in [1.807, 2.05) is 0 Å². The molecule has 1 aliphatic carbocycles. The standard InChI is InChI=1S/C20H21F3N2O/c21-20(22,23)15-7-5-6-14(12-15)19(26)17-13-24-11-10-18(17)25-16-8-3-1-2-4-9-16/h5-7,10-13,16H,1-4,8-9H2,(H,24,25). The molecule has 2 aromatic rings. The average molecular weight is 362 g/mol. The Labute approximate surface area is 150 Å². The van der Waals surface area contributed by atoms with Gasteiger partial charge in [-0.1, -0.05) is 37.8 Å². The van der Waals surface area contributed by atoms with Crippen molar-refractivity contribution in [2.75, 3.05) is 5.32 Å². The predicted octanol–water partition coefficient (Wildman–Crippen LogP) is 5.47. The molecule has 0 atom stereocenters.